The molecule has 3 rings (SSSR count). The molecule has 5 heteroatoms. The first-order valence-electron chi connectivity index (χ1n) is 6.88. The van der Waals surface area contributed by atoms with Crippen molar-refractivity contribution in [2.75, 3.05) is 5.73 Å². The number of benzene rings is 1. The third-order valence-electron chi connectivity index (χ3n) is 3.80. The van der Waals surface area contributed by atoms with Crippen LogP contribution in [0.15, 0.2) is 18.2 Å². The lowest BCUT2D eigenvalue weighted by atomic mass is 10.2. The number of hydrogen-bond donors (Lipinski definition) is 2. The van der Waals surface area contributed by atoms with Crippen LogP contribution in [0.2, 0.25) is 5.02 Å². The van der Waals surface area contributed by atoms with Crippen LogP contribution in [-0.4, -0.2) is 11.9 Å². The lowest BCUT2D eigenvalue weighted by molar-refractivity contribution is 0.0954. The summed E-state index contributed by atoms with van der Waals surface area (Å²) in [6, 6.07) is 5.85. The van der Waals surface area contributed by atoms with E-state index in [-0.39, 0.29) is 5.91 Å². The van der Waals surface area contributed by atoms with Gasteiger partial charge in [0, 0.05) is 21.2 Å². The number of amides is 1. The molecule has 1 aromatic heterocycles. The van der Waals surface area contributed by atoms with Crippen LogP contribution >= 0.6 is 22.9 Å². The number of halogens is 1. The van der Waals surface area contributed by atoms with Gasteiger partial charge in [0.15, 0.2) is 0 Å². The van der Waals surface area contributed by atoms with Gasteiger partial charge in [-0.2, -0.15) is 0 Å². The Balaban J connectivity index is 1.80. The number of thiophene rings is 1. The topological polar surface area (TPSA) is 55.1 Å². The third-order valence-corrected chi connectivity index (χ3v) is 5.20. The molecule has 2 atom stereocenters. The number of nitrogens with two attached hydrogens (primary N) is 1. The first-order valence-corrected chi connectivity index (χ1v) is 8.08. The van der Waals surface area contributed by atoms with E-state index in [1.165, 1.54) is 24.2 Å². The van der Waals surface area contributed by atoms with Crippen LogP contribution in [0.25, 0.3) is 10.1 Å². The number of fused-ring (bicyclic) bond motifs is 1. The average molecular weight is 309 g/mol. The van der Waals surface area contributed by atoms with Gasteiger partial charge >= 0.3 is 0 Å². The Labute approximate surface area is 127 Å². The molecule has 1 amide bonds. The van der Waals surface area contributed by atoms with E-state index in [0.717, 1.165) is 16.5 Å². The van der Waals surface area contributed by atoms with Crippen molar-refractivity contribution in [2.45, 2.75) is 32.2 Å². The van der Waals surface area contributed by atoms with Gasteiger partial charge in [0.1, 0.15) is 4.88 Å². The second-order valence-electron chi connectivity index (χ2n) is 5.35. The smallest absolute Gasteiger partial charge is 0.263 e. The largest absolute Gasteiger partial charge is 0.397 e. The van der Waals surface area contributed by atoms with Crippen molar-refractivity contribution in [1.29, 1.82) is 0 Å². The Hall–Kier alpha value is -1.26. The van der Waals surface area contributed by atoms with Gasteiger partial charge in [0.05, 0.1) is 5.69 Å². The Morgan fingerprint density at radius 2 is 2.35 bits per heavy atom. The summed E-state index contributed by atoms with van der Waals surface area (Å²) in [5, 5.41) is 4.65. The molecule has 1 aliphatic carbocycles. The quantitative estimate of drug-likeness (QED) is 0.895. The number of carbonyl (C=O) groups excluding carboxylic acids is 1. The highest BCUT2D eigenvalue weighted by Gasteiger charge is 2.37. The van der Waals surface area contributed by atoms with Crippen LogP contribution in [0.4, 0.5) is 5.69 Å². The van der Waals surface area contributed by atoms with Crippen molar-refractivity contribution >= 4 is 44.6 Å². The molecular weight excluding hydrogens is 292 g/mol. The van der Waals surface area contributed by atoms with Crippen LogP contribution in [0.5, 0.6) is 0 Å². The molecule has 0 spiro atoms. The molecule has 106 valence electrons. The normalized spacial score (nSPS) is 21.1. The van der Waals surface area contributed by atoms with Gasteiger partial charge in [0.2, 0.25) is 0 Å². The maximum absolute atomic E-state index is 12.3. The zero-order chi connectivity index (χ0) is 14.3. The summed E-state index contributed by atoms with van der Waals surface area (Å²) in [6.45, 7) is 2.17. The number of carbonyl (C=O) groups is 1. The lowest BCUT2D eigenvalue weighted by Crippen LogP contribution is -2.26. The molecule has 0 radical (unpaired) electrons. The van der Waals surface area contributed by atoms with Crippen molar-refractivity contribution in [1.82, 2.24) is 5.32 Å². The Kier molecular flexibility index (Phi) is 3.61. The van der Waals surface area contributed by atoms with E-state index in [0.29, 0.717) is 27.5 Å². The van der Waals surface area contributed by atoms with E-state index in [2.05, 4.69) is 12.2 Å². The molecule has 1 saturated carbocycles. The summed E-state index contributed by atoms with van der Waals surface area (Å²) in [4.78, 5) is 12.9. The van der Waals surface area contributed by atoms with Crippen molar-refractivity contribution in [3.63, 3.8) is 0 Å². The fourth-order valence-electron chi connectivity index (χ4n) is 2.61. The van der Waals surface area contributed by atoms with Gasteiger partial charge in [-0.15, -0.1) is 11.3 Å². The zero-order valence-electron chi connectivity index (χ0n) is 11.3. The molecule has 2 unspecified atom stereocenters. The molecule has 1 aromatic carbocycles. The minimum atomic E-state index is -0.0524. The van der Waals surface area contributed by atoms with Gasteiger partial charge in [-0.3, -0.25) is 4.79 Å². The number of nitrogens with one attached hydrogen (secondary N) is 1. The van der Waals surface area contributed by atoms with E-state index in [1.807, 2.05) is 12.1 Å². The molecule has 0 bridgehead atoms. The van der Waals surface area contributed by atoms with Crippen molar-refractivity contribution in [2.24, 2.45) is 5.92 Å². The average Bonchev–Trinajstić information content (AvgIpc) is 3.04. The predicted octanol–water partition coefficient (Wildman–Crippen LogP) is 4.06. The Morgan fingerprint density at radius 1 is 1.55 bits per heavy atom. The molecule has 0 aliphatic heterocycles. The maximum atomic E-state index is 12.3. The molecule has 1 fully saturated rings. The number of rotatable bonds is 4. The van der Waals surface area contributed by atoms with Crippen molar-refractivity contribution in [3.8, 4) is 0 Å². The lowest BCUT2D eigenvalue weighted by Gasteiger charge is -2.03. The summed E-state index contributed by atoms with van der Waals surface area (Å²) >= 11 is 7.38. The zero-order valence-corrected chi connectivity index (χ0v) is 12.9. The van der Waals surface area contributed by atoms with Gasteiger partial charge < -0.3 is 11.1 Å². The SMILES string of the molecule is CCCC1CC1NC(=O)c1sc2cc(Cl)ccc2c1N. The van der Waals surface area contributed by atoms with Crippen LogP contribution in [-0.2, 0) is 0 Å². The van der Waals surface area contributed by atoms with Gasteiger partial charge in [-0.1, -0.05) is 24.9 Å². The number of anilines is 1. The van der Waals surface area contributed by atoms with Gasteiger partial charge in [-0.05, 0) is 37.0 Å². The fraction of sp³-hybridized carbons (Fsp3) is 0.400. The summed E-state index contributed by atoms with van der Waals surface area (Å²) in [5.74, 6) is 0.595. The van der Waals surface area contributed by atoms with Crippen molar-refractivity contribution < 1.29 is 4.79 Å². The number of hydrogen-bond acceptors (Lipinski definition) is 3. The minimum Gasteiger partial charge on any atom is -0.397 e. The molecule has 3 nitrogen and oxygen atoms in total. The summed E-state index contributed by atoms with van der Waals surface area (Å²) in [7, 11) is 0. The highest BCUT2D eigenvalue weighted by Crippen LogP contribution is 2.38. The van der Waals surface area contributed by atoms with E-state index in [9.17, 15) is 4.79 Å². The molecule has 0 saturated heterocycles. The summed E-state index contributed by atoms with van der Waals surface area (Å²) in [5.41, 5.74) is 6.65. The van der Waals surface area contributed by atoms with Gasteiger partial charge in [-0.25, -0.2) is 0 Å². The van der Waals surface area contributed by atoms with Crippen LogP contribution < -0.4 is 11.1 Å². The van der Waals surface area contributed by atoms with Crippen molar-refractivity contribution in [3.05, 3.63) is 28.1 Å². The van der Waals surface area contributed by atoms with E-state index >= 15 is 0 Å². The minimum absolute atomic E-state index is 0.0524. The Morgan fingerprint density at radius 3 is 3.10 bits per heavy atom. The highest BCUT2D eigenvalue weighted by molar-refractivity contribution is 7.21. The first kappa shape index (κ1) is 13.7. The van der Waals surface area contributed by atoms with Gasteiger partial charge in [0.25, 0.3) is 5.91 Å². The predicted molar refractivity (Wildman–Crippen MR) is 85.5 cm³/mol. The molecule has 20 heavy (non-hydrogen) atoms. The first-order chi connectivity index (χ1) is 9.60. The van der Waals surface area contributed by atoms with Crippen LogP contribution in [0, 0.1) is 5.92 Å². The van der Waals surface area contributed by atoms with E-state index < -0.39 is 0 Å². The molecule has 3 N–H and O–H groups in total. The molecular formula is C15H17ClN2OS. The van der Waals surface area contributed by atoms with Crippen LogP contribution in [0.1, 0.15) is 35.9 Å². The summed E-state index contributed by atoms with van der Waals surface area (Å²) in [6.07, 6.45) is 3.44. The standard InChI is InChI=1S/C15H17ClN2OS/c1-2-3-8-6-11(8)18-15(19)14-13(17)10-5-4-9(16)7-12(10)20-14/h4-5,7-8,11H,2-3,6,17H2,1H3,(H,18,19). The second-order valence-corrected chi connectivity index (χ2v) is 6.84. The molecule has 1 heterocycles. The summed E-state index contributed by atoms with van der Waals surface area (Å²) < 4.78 is 0.959. The van der Waals surface area contributed by atoms with E-state index in [1.54, 1.807) is 6.07 Å². The maximum Gasteiger partial charge on any atom is 0.263 e. The fourth-order valence-corrected chi connectivity index (χ4v) is 3.91. The van der Waals surface area contributed by atoms with E-state index in [4.69, 9.17) is 17.3 Å². The monoisotopic (exact) mass is 308 g/mol. The molecule has 1 aliphatic rings. The molecule has 2 aromatic rings. The highest BCUT2D eigenvalue weighted by atomic mass is 35.5. The Bertz CT molecular complexity index is 667. The second kappa shape index (κ2) is 5.26. The number of nitrogen functional groups attached to an aromatic ring is 1. The van der Waals surface area contributed by atoms with Crippen LogP contribution in [0.3, 0.4) is 0 Å². The third kappa shape index (κ3) is 2.50.